The fourth-order valence-corrected chi connectivity index (χ4v) is 5.07. The van der Waals surface area contributed by atoms with Crippen molar-refractivity contribution >= 4 is 44.7 Å². The normalized spacial score (nSPS) is 11.6. The van der Waals surface area contributed by atoms with E-state index in [9.17, 15) is 4.79 Å². The van der Waals surface area contributed by atoms with Crippen molar-refractivity contribution in [3.63, 3.8) is 0 Å². The first-order valence-corrected chi connectivity index (χ1v) is 10.0. The molecular formula is C16H18N2OS3. The fraction of sp³-hybridized carbons (Fsp3) is 0.375. The molecule has 0 unspecified atom stereocenters. The van der Waals surface area contributed by atoms with Gasteiger partial charge in [0.1, 0.15) is 4.83 Å². The van der Waals surface area contributed by atoms with Crippen LogP contribution in [0.15, 0.2) is 32.8 Å². The third kappa shape index (κ3) is 2.87. The Bertz CT molecular complexity index is 831. The van der Waals surface area contributed by atoms with E-state index in [-0.39, 0.29) is 5.56 Å². The maximum Gasteiger partial charge on any atom is 0.263 e. The number of hydrogen-bond donors (Lipinski definition) is 0. The third-order valence-electron chi connectivity index (χ3n) is 3.31. The summed E-state index contributed by atoms with van der Waals surface area (Å²) in [7, 11) is 0. The molecule has 0 aliphatic carbocycles. The summed E-state index contributed by atoms with van der Waals surface area (Å²) >= 11 is 4.90. The smallest absolute Gasteiger partial charge is 0.263 e. The first-order valence-electron chi connectivity index (χ1n) is 7.30. The minimum absolute atomic E-state index is 0.0865. The molecule has 22 heavy (non-hydrogen) atoms. The van der Waals surface area contributed by atoms with Gasteiger partial charge in [-0.05, 0) is 24.3 Å². The number of nitrogens with zero attached hydrogens (tertiary/aromatic N) is 2. The summed E-state index contributed by atoms with van der Waals surface area (Å²) in [4.78, 5) is 19.7. The molecule has 0 saturated heterocycles. The average Bonchev–Trinajstić information content (AvgIpc) is 3.13. The van der Waals surface area contributed by atoms with Crippen molar-refractivity contribution in [1.82, 2.24) is 9.55 Å². The highest BCUT2D eigenvalue weighted by atomic mass is 32.2. The summed E-state index contributed by atoms with van der Waals surface area (Å²) in [6.45, 7) is 7.02. The van der Waals surface area contributed by atoms with Crippen LogP contribution in [0, 0.1) is 5.92 Å². The molecule has 0 aromatic carbocycles. The van der Waals surface area contributed by atoms with Crippen LogP contribution in [-0.2, 0) is 6.54 Å². The molecule has 116 valence electrons. The van der Waals surface area contributed by atoms with Crippen LogP contribution in [0.5, 0.6) is 0 Å². The van der Waals surface area contributed by atoms with Gasteiger partial charge in [0.05, 0.1) is 5.39 Å². The van der Waals surface area contributed by atoms with E-state index in [1.165, 1.54) is 0 Å². The van der Waals surface area contributed by atoms with Crippen molar-refractivity contribution in [3.8, 4) is 10.4 Å². The molecule has 0 radical (unpaired) electrons. The van der Waals surface area contributed by atoms with Gasteiger partial charge < -0.3 is 0 Å². The molecule has 3 aromatic rings. The Morgan fingerprint density at radius 1 is 1.36 bits per heavy atom. The Morgan fingerprint density at radius 3 is 2.82 bits per heavy atom. The van der Waals surface area contributed by atoms with Gasteiger partial charge in [-0.15, -0.1) is 22.7 Å². The second-order valence-electron chi connectivity index (χ2n) is 5.46. The molecule has 0 N–H and O–H groups in total. The number of fused-ring (bicyclic) bond motifs is 1. The van der Waals surface area contributed by atoms with Crippen molar-refractivity contribution in [2.75, 3.05) is 5.75 Å². The SMILES string of the molecule is CCn1c(SCC(C)C)nc2scc(-c3cccs3)c2c1=O. The minimum atomic E-state index is 0.0865. The summed E-state index contributed by atoms with van der Waals surface area (Å²) in [6, 6.07) is 4.07. The number of aromatic nitrogens is 2. The molecule has 0 aliphatic heterocycles. The first-order chi connectivity index (χ1) is 10.6. The molecule has 0 atom stereocenters. The highest BCUT2D eigenvalue weighted by Crippen LogP contribution is 2.34. The van der Waals surface area contributed by atoms with Gasteiger partial charge in [-0.25, -0.2) is 4.98 Å². The van der Waals surface area contributed by atoms with Gasteiger partial charge >= 0.3 is 0 Å². The van der Waals surface area contributed by atoms with Crippen LogP contribution in [0.2, 0.25) is 0 Å². The van der Waals surface area contributed by atoms with E-state index in [2.05, 4.69) is 25.3 Å². The van der Waals surface area contributed by atoms with E-state index in [1.807, 2.05) is 18.4 Å². The summed E-state index contributed by atoms with van der Waals surface area (Å²) in [5, 5.41) is 5.70. The van der Waals surface area contributed by atoms with Crippen LogP contribution in [0.25, 0.3) is 20.7 Å². The molecule has 0 spiro atoms. The molecule has 3 rings (SSSR count). The Morgan fingerprint density at radius 2 is 2.18 bits per heavy atom. The molecule has 3 aromatic heterocycles. The highest BCUT2D eigenvalue weighted by Gasteiger charge is 2.17. The molecule has 0 saturated carbocycles. The molecule has 0 aliphatic rings. The third-order valence-corrected chi connectivity index (χ3v) is 6.49. The van der Waals surface area contributed by atoms with Gasteiger partial charge in [-0.1, -0.05) is 31.7 Å². The lowest BCUT2D eigenvalue weighted by Crippen LogP contribution is -2.22. The lowest BCUT2D eigenvalue weighted by Gasteiger charge is -2.11. The largest absolute Gasteiger partial charge is 0.287 e. The van der Waals surface area contributed by atoms with E-state index in [0.717, 1.165) is 31.6 Å². The Kier molecular flexibility index (Phi) is 4.70. The second-order valence-corrected chi connectivity index (χ2v) is 8.25. The van der Waals surface area contributed by atoms with Crippen LogP contribution in [0.1, 0.15) is 20.8 Å². The molecule has 6 heteroatoms. The van der Waals surface area contributed by atoms with Gasteiger partial charge in [0, 0.05) is 28.1 Å². The summed E-state index contributed by atoms with van der Waals surface area (Å²) < 4.78 is 1.80. The van der Waals surface area contributed by atoms with E-state index in [4.69, 9.17) is 4.98 Å². The summed E-state index contributed by atoms with van der Waals surface area (Å²) in [5.74, 6) is 1.55. The van der Waals surface area contributed by atoms with E-state index >= 15 is 0 Å². The maximum atomic E-state index is 12.9. The Hall–Kier alpha value is -1.11. The Balaban J connectivity index is 2.16. The second kappa shape index (κ2) is 6.56. The average molecular weight is 351 g/mol. The van der Waals surface area contributed by atoms with E-state index < -0.39 is 0 Å². The number of thiophene rings is 2. The standard InChI is InChI=1S/C16H18N2OS3/c1-4-18-15(19)13-11(12-6-5-7-20-12)9-21-14(13)17-16(18)22-8-10(2)3/h5-7,9-10H,4,8H2,1-3H3. The lowest BCUT2D eigenvalue weighted by molar-refractivity contribution is 0.633. The van der Waals surface area contributed by atoms with Crippen LogP contribution in [0.4, 0.5) is 0 Å². The molecule has 0 bridgehead atoms. The van der Waals surface area contributed by atoms with E-state index in [0.29, 0.717) is 12.5 Å². The fourth-order valence-electron chi connectivity index (χ4n) is 2.25. The van der Waals surface area contributed by atoms with Crippen molar-refractivity contribution < 1.29 is 0 Å². The number of hydrogen-bond acceptors (Lipinski definition) is 5. The molecule has 0 fully saturated rings. The number of rotatable bonds is 5. The van der Waals surface area contributed by atoms with Crippen molar-refractivity contribution in [1.29, 1.82) is 0 Å². The van der Waals surface area contributed by atoms with Gasteiger partial charge in [0.25, 0.3) is 5.56 Å². The van der Waals surface area contributed by atoms with Gasteiger partial charge in [0.15, 0.2) is 5.16 Å². The van der Waals surface area contributed by atoms with Crippen LogP contribution in [0.3, 0.4) is 0 Å². The topological polar surface area (TPSA) is 34.9 Å². The molecule has 0 amide bonds. The predicted molar refractivity (Wildman–Crippen MR) is 98.4 cm³/mol. The van der Waals surface area contributed by atoms with Gasteiger partial charge in [0.2, 0.25) is 0 Å². The number of thioether (sulfide) groups is 1. The summed E-state index contributed by atoms with van der Waals surface area (Å²) in [6.07, 6.45) is 0. The quantitative estimate of drug-likeness (QED) is 0.482. The zero-order valence-corrected chi connectivity index (χ0v) is 15.3. The van der Waals surface area contributed by atoms with E-state index in [1.54, 1.807) is 39.0 Å². The van der Waals surface area contributed by atoms with Crippen molar-refractivity contribution in [3.05, 3.63) is 33.2 Å². The predicted octanol–water partition coefficient (Wildman–Crippen LogP) is 4.95. The highest BCUT2D eigenvalue weighted by molar-refractivity contribution is 7.99. The minimum Gasteiger partial charge on any atom is -0.287 e. The summed E-state index contributed by atoms with van der Waals surface area (Å²) in [5.41, 5.74) is 1.11. The van der Waals surface area contributed by atoms with Crippen LogP contribution in [-0.4, -0.2) is 15.3 Å². The molecule has 3 heterocycles. The van der Waals surface area contributed by atoms with Crippen molar-refractivity contribution in [2.45, 2.75) is 32.5 Å². The maximum absolute atomic E-state index is 12.9. The molecular weight excluding hydrogens is 332 g/mol. The van der Waals surface area contributed by atoms with Gasteiger partial charge in [-0.3, -0.25) is 9.36 Å². The monoisotopic (exact) mass is 350 g/mol. The zero-order chi connectivity index (χ0) is 15.7. The zero-order valence-electron chi connectivity index (χ0n) is 12.8. The van der Waals surface area contributed by atoms with Crippen LogP contribution >= 0.6 is 34.4 Å². The van der Waals surface area contributed by atoms with Crippen molar-refractivity contribution in [2.24, 2.45) is 5.92 Å². The van der Waals surface area contributed by atoms with Crippen LogP contribution < -0.4 is 5.56 Å². The first kappa shape index (κ1) is 15.8. The lowest BCUT2D eigenvalue weighted by atomic mass is 10.2. The Labute approximate surface area is 142 Å². The molecule has 3 nitrogen and oxygen atoms in total. The van der Waals surface area contributed by atoms with Gasteiger partial charge in [-0.2, -0.15) is 0 Å².